The molecular weight excluding hydrogens is 221 g/mol. The number of hydrogen-bond donors (Lipinski definition) is 1. The van der Waals surface area contributed by atoms with Crippen LogP contribution in [-0.4, -0.2) is 18.1 Å². The average molecular weight is 239 g/mol. The zero-order valence-electron chi connectivity index (χ0n) is 10.4. The molecule has 0 radical (unpaired) electrons. The van der Waals surface area contributed by atoms with Crippen molar-refractivity contribution in [1.82, 2.24) is 5.32 Å². The molecule has 0 saturated carbocycles. The summed E-state index contributed by atoms with van der Waals surface area (Å²) < 4.78 is 18.1. The van der Waals surface area contributed by atoms with Crippen molar-refractivity contribution in [2.24, 2.45) is 0 Å². The van der Waals surface area contributed by atoms with Crippen LogP contribution in [0.25, 0.3) is 0 Å². The molecule has 0 saturated heterocycles. The molecule has 0 heterocycles. The van der Waals surface area contributed by atoms with Crippen molar-refractivity contribution in [3.05, 3.63) is 30.1 Å². The Bertz CT molecular complexity index is 385. The van der Waals surface area contributed by atoms with Crippen molar-refractivity contribution in [3.8, 4) is 5.75 Å². The fourth-order valence-corrected chi connectivity index (χ4v) is 1.30. The first-order valence-electron chi connectivity index (χ1n) is 5.56. The molecule has 1 aromatic rings. The fraction of sp³-hybridized carbons (Fsp3) is 0.462. The topological polar surface area (TPSA) is 38.3 Å². The number of nitrogens with one attached hydrogen (secondary N) is 1. The highest BCUT2D eigenvalue weighted by Gasteiger charge is 2.13. The third-order valence-electron chi connectivity index (χ3n) is 1.91. The predicted molar refractivity (Wildman–Crippen MR) is 64.4 cm³/mol. The smallest absolute Gasteiger partial charge is 0.223 e. The van der Waals surface area contributed by atoms with Crippen LogP contribution in [0.1, 0.15) is 27.2 Å². The molecule has 1 amide bonds. The van der Waals surface area contributed by atoms with Gasteiger partial charge in [-0.05, 0) is 32.9 Å². The van der Waals surface area contributed by atoms with Crippen LogP contribution < -0.4 is 10.1 Å². The van der Waals surface area contributed by atoms with E-state index < -0.39 is 0 Å². The SMILES string of the molecule is CC(C)(C)NC(=O)CCOc1cccc(F)c1. The average Bonchev–Trinajstić information content (AvgIpc) is 2.14. The molecule has 3 nitrogen and oxygen atoms in total. The maximum absolute atomic E-state index is 12.8. The van der Waals surface area contributed by atoms with E-state index >= 15 is 0 Å². The van der Waals surface area contributed by atoms with Gasteiger partial charge in [-0.2, -0.15) is 0 Å². The third kappa shape index (κ3) is 5.90. The third-order valence-corrected chi connectivity index (χ3v) is 1.91. The molecule has 1 rings (SSSR count). The first-order chi connectivity index (χ1) is 7.87. The van der Waals surface area contributed by atoms with Crippen LogP contribution >= 0.6 is 0 Å². The molecule has 4 heteroatoms. The zero-order chi connectivity index (χ0) is 12.9. The largest absolute Gasteiger partial charge is 0.493 e. The number of benzene rings is 1. The Labute approximate surface area is 101 Å². The summed E-state index contributed by atoms with van der Waals surface area (Å²) in [6.07, 6.45) is 0.258. The molecule has 0 aromatic heterocycles. The summed E-state index contributed by atoms with van der Waals surface area (Å²) in [6, 6.07) is 5.87. The Hall–Kier alpha value is -1.58. The van der Waals surface area contributed by atoms with Crippen molar-refractivity contribution in [1.29, 1.82) is 0 Å². The molecule has 0 unspecified atom stereocenters. The van der Waals surface area contributed by atoms with Crippen LogP contribution in [0.3, 0.4) is 0 Å². The minimum absolute atomic E-state index is 0.0751. The highest BCUT2D eigenvalue weighted by Crippen LogP contribution is 2.12. The quantitative estimate of drug-likeness (QED) is 0.876. The maximum Gasteiger partial charge on any atom is 0.223 e. The second kappa shape index (κ2) is 5.66. The second-order valence-electron chi connectivity index (χ2n) is 4.85. The van der Waals surface area contributed by atoms with Gasteiger partial charge in [0.1, 0.15) is 11.6 Å². The molecule has 0 aliphatic heterocycles. The van der Waals surface area contributed by atoms with Crippen LogP contribution in [-0.2, 0) is 4.79 Å². The number of carbonyl (C=O) groups is 1. The van der Waals surface area contributed by atoms with Crippen molar-refractivity contribution < 1.29 is 13.9 Å². The minimum atomic E-state index is -0.346. The van der Waals surface area contributed by atoms with Gasteiger partial charge in [-0.25, -0.2) is 4.39 Å². The van der Waals surface area contributed by atoms with Gasteiger partial charge in [0.25, 0.3) is 0 Å². The number of ether oxygens (including phenoxy) is 1. The number of halogens is 1. The van der Waals surface area contributed by atoms with E-state index in [1.165, 1.54) is 12.1 Å². The van der Waals surface area contributed by atoms with Gasteiger partial charge in [-0.15, -0.1) is 0 Å². The van der Waals surface area contributed by atoms with Crippen molar-refractivity contribution >= 4 is 5.91 Å². The second-order valence-corrected chi connectivity index (χ2v) is 4.85. The molecule has 0 fully saturated rings. The van der Waals surface area contributed by atoms with Gasteiger partial charge >= 0.3 is 0 Å². The molecule has 0 aliphatic rings. The van der Waals surface area contributed by atoms with Gasteiger partial charge in [-0.1, -0.05) is 6.07 Å². The van der Waals surface area contributed by atoms with Gasteiger partial charge in [0.05, 0.1) is 13.0 Å². The Morgan fingerprint density at radius 1 is 1.41 bits per heavy atom. The number of carbonyl (C=O) groups excluding carboxylic acids is 1. The summed E-state index contributed by atoms with van der Waals surface area (Å²) in [7, 11) is 0. The number of rotatable bonds is 4. The lowest BCUT2D eigenvalue weighted by Gasteiger charge is -2.20. The number of amides is 1. The standard InChI is InChI=1S/C13H18FNO2/c1-13(2,3)15-12(16)7-8-17-11-6-4-5-10(14)9-11/h4-6,9H,7-8H2,1-3H3,(H,15,16). The molecule has 0 atom stereocenters. The van der Waals surface area contributed by atoms with Gasteiger partial charge in [-0.3, -0.25) is 4.79 Å². The molecule has 17 heavy (non-hydrogen) atoms. The van der Waals surface area contributed by atoms with Crippen LogP contribution in [0.2, 0.25) is 0 Å². The van der Waals surface area contributed by atoms with E-state index in [2.05, 4.69) is 5.32 Å². The number of hydrogen-bond acceptors (Lipinski definition) is 2. The normalized spacial score (nSPS) is 11.1. The van der Waals surface area contributed by atoms with E-state index in [9.17, 15) is 9.18 Å². The summed E-state index contributed by atoms with van der Waals surface area (Å²) in [5, 5.41) is 2.82. The predicted octanol–water partition coefficient (Wildman–Crippen LogP) is 2.51. The van der Waals surface area contributed by atoms with Crippen molar-refractivity contribution in [2.75, 3.05) is 6.61 Å². The summed E-state index contributed by atoms with van der Waals surface area (Å²) in [4.78, 5) is 11.5. The Morgan fingerprint density at radius 3 is 2.71 bits per heavy atom. The van der Waals surface area contributed by atoms with Crippen LogP contribution in [0.15, 0.2) is 24.3 Å². The Morgan fingerprint density at radius 2 is 2.12 bits per heavy atom. The van der Waals surface area contributed by atoms with E-state index in [1.807, 2.05) is 20.8 Å². The fourth-order valence-electron chi connectivity index (χ4n) is 1.30. The van der Waals surface area contributed by atoms with E-state index in [-0.39, 0.29) is 30.3 Å². The molecule has 0 spiro atoms. The summed E-state index contributed by atoms with van der Waals surface area (Å²) in [5.41, 5.74) is -0.240. The first-order valence-corrected chi connectivity index (χ1v) is 5.56. The molecule has 94 valence electrons. The highest BCUT2D eigenvalue weighted by molar-refractivity contribution is 5.76. The summed E-state index contributed by atoms with van der Waals surface area (Å²) in [5.74, 6) is 0.0177. The maximum atomic E-state index is 12.8. The monoisotopic (exact) mass is 239 g/mol. The van der Waals surface area contributed by atoms with E-state index in [4.69, 9.17) is 4.74 Å². The molecule has 1 aromatic carbocycles. The first kappa shape index (κ1) is 13.5. The zero-order valence-corrected chi connectivity index (χ0v) is 10.4. The summed E-state index contributed by atoms with van der Waals surface area (Å²) >= 11 is 0. The highest BCUT2D eigenvalue weighted by atomic mass is 19.1. The minimum Gasteiger partial charge on any atom is -0.493 e. The summed E-state index contributed by atoms with van der Waals surface area (Å²) in [6.45, 7) is 5.99. The van der Waals surface area contributed by atoms with Crippen LogP contribution in [0.4, 0.5) is 4.39 Å². The van der Waals surface area contributed by atoms with Gasteiger partial charge in [0.2, 0.25) is 5.91 Å². The van der Waals surface area contributed by atoms with Gasteiger partial charge in [0, 0.05) is 11.6 Å². The lowest BCUT2D eigenvalue weighted by Crippen LogP contribution is -2.41. The van der Waals surface area contributed by atoms with E-state index in [1.54, 1.807) is 12.1 Å². The lowest BCUT2D eigenvalue weighted by atomic mass is 10.1. The van der Waals surface area contributed by atoms with Crippen molar-refractivity contribution in [2.45, 2.75) is 32.7 Å². The van der Waals surface area contributed by atoms with Crippen LogP contribution in [0.5, 0.6) is 5.75 Å². The molecule has 0 bridgehead atoms. The molecular formula is C13H18FNO2. The molecule has 0 aliphatic carbocycles. The van der Waals surface area contributed by atoms with Crippen molar-refractivity contribution in [3.63, 3.8) is 0 Å². The van der Waals surface area contributed by atoms with E-state index in [0.717, 1.165) is 0 Å². The Balaban J connectivity index is 2.31. The lowest BCUT2D eigenvalue weighted by molar-refractivity contribution is -0.122. The van der Waals surface area contributed by atoms with E-state index in [0.29, 0.717) is 5.75 Å². The molecule has 1 N–H and O–H groups in total. The van der Waals surface area contributed by atoms with Crippen LogP contribution in [0, 0.1) is 5.82 Å². The van der Waals surface area contributed by atoms with Gasteiger partial charge in [0.15, 0.2) is 0 Å². The Kier molecular flexibility index (Phi) is 4.49. The van der Waals surface area contributed by atoms with Gasteiger partial charge < -0.3 is 10.1 Å².